The molecule has 11 heteroatoms. The second kappa shape index (κ2) is 9.61. The van der Waals surface area contributed by atoms with Crippen LogP contribution in [-0.2, 0) is 19.1 Å². The molecule has 0 aliphatic carbocycles. The summed E-state index contributed by atoms with van der Waals surface area (Å²) in [7, 11) is 0. The molecule has 2 aliphatic heterocycles. The molecule has 0 amide bonds. The van der Waals surface area contributed by atoms with E-state index in [1.807, 2.05) is 6.92 Å². The van der Waals surface area contributed by atoms with Crippen molar-refractivity contribution in [2.75, 3.05) is 42.6 Å². The lowest BCUT2D eigenvalue weighted by Crippen LogP contribution is -2.51. The fourth-order valence-electron chi connectivity index (χ4n) is 4.37. The topological polar surface area (TPSA) is 77.3 Å². The summed E-state index contributed by atoms with van der Waals surface area (Å²) in [4.78, 5) is 12.9. The van der Waals surface area contributed by atoms with Crippen LogP contribution in [-0.4, -0.2) is 48.8 Å². The van der Waals surface area contributed by atoms with Gasteiger partial charge in [0.15, 0.2) is 0 Å². The molecule has 0 bridgehead atoms. The molecule has 3 heterocycles. The minimum atomic E-state index is -4.57. The van der Waals surface area contributed by atoms with E-state index in [0.29, 0.717) is 51.3 Å². The summed E-state index contributed by atoms with van der Waals surface area (Å²) in [6, 6.07) is 6.63. The van der Waals surface area contributed by atoms with Crippen LogP contribution < -0.4 is 19.9 Å². The number of hydrogen-bond acceptors (Lipinski definition) is 7. The molecule has 1 N–H and O–H groups in total. The lowest BCUT2D eigenvalue weighted by molar-refractivity contribution is -0.137. The van der Waals surface area contributed by atoms with E-state index in [-0.39, 0.29) is 29.3 Å². The molecule has 2 aliphatic rings. The van der Waals surface area contributed by atoms with Gasteiger partial charge in [-0.15, -0.1) is 0 Å². The number of fused-ring (bicyclic) bond motifs is 1. The summed E-state index contributed by atoms with van der Waals surface area (Å²) in [6.07, 6.45) is -3.71. The number of nitriles is 1. The van der Waals surface area contributed by atoms with E-state index in [1.54, 1.807) is 4.90 Å². The molecule has 0 unspecified atom stereocenters. The standard InChI is InChI=1S/C22H24ClF3N6O/c1-2-33-21-29-17-13-31(18-5-3-4-16(23)19(18)22(24,25)26)10-7-15(17)20(30-21)32-11-9-28-14(12-32)6-8-27/h3-5,14,28H,2,6-7,9-13H2,1H3/t14-/m0/s1. The van der Waals surface area contributed by atoms with E-state index in [1.165, 1.54) is 18.2 Å². The average Bonchev–Trinajstić information content (AvgIpc) is 2.78. The first kappa shape index (κ1) is 23.4. The molecule has 33 heavy (non-hydrogen) atoms. The minimum absolute atomic E-state index is 0.0193. The molecule has 2 aromatic rings. The maximum atomic E-state index is 13.7. The van der Waals surface area contributed by atoms with E-state index >= 15 is 0 Å². The highest BCUT2D eigenvalue weighted by Gasteiger charge is 2.38. The second-order valence-corrected chi connectivity index (χ2v) is 8.36. The fraction of sp³-hybridized carbons (Fsp3) is 0.500. The van der Waals surface area contributed by atoms with Crippen LogP contribution in [0.5, 0.6) is 6.01 Å². The Morgan fingerprint density at radius 3 is 2.82 bits per heavy atom. The van der Waals surface area contributed by atoms with Crippen molar-refractivity contribution in [3.05, 3.63) is 40.0 Å². The normalized spacial score (nSPS) is 18.6. The van der Waals surface area contributed by atoms with Gasteiger partial charge in [0, 0.05) is 37.8 Å². The molecular weight excluding hydrogens is 457 g/mol. The Morgan fingerprint density at radius 1 is 1.27 bits per heavy atom. The van der Waals surface area contributed by atoms with Gasteiger partial charge in [-0.05, 0) is 25.5 Å². The number of anilines is 2. The summed E-state index contributed by atoms with van der Waals surface area (Å²) >= 11 is 5.94. The maximum Gasteiger partial charge on any atom is 0.419 e. The van der Waals surface area contributed by atoms with Crippen LogP contribution in [0.1, 0.15) is 30.2 Å². The Hall–Kier alpha value is -2.77. The predicted octanol–water partition coefficient (Wildman–Crippen LogP) is 3.80. The second-order valence-electron chi connectivity index (χ2n) is 7.95. The first-order valence-electron chi connectivity index (χ1n) is 10.8. The Bertz CT molecular complexity index is 1060. The van der Waals surface area contributed by atoms with E-state index in [9.17, 15) is 13.2 Å². The number of nitrogens with zero attached hydrogens (tertiary/aromatic N) is 5. The molecule has 7 nitrogen and oxygen atoms in total. The Morgan fingerprint density at radius 2 is 2.09 bits per heavy atom. The van der Waals surface area contributed by atoms with Crippen molar-refractivity contribution in [3.63, 3.8) is 0 Å². The molecule has 1 fully saturated rings. The van der Waals surface area contributed by atoms with Crippen LogP contribution >= 0.6 is 11.6 Å². The number of piperazine rings is 1. The zero-order valence-corrected chi connectivity index (χ0v) is 18.9. The Labute approximate surface area is 195 Å². The van der Waals surface area contributed by atoms with Gasteiger partial charge >= 0.3 is 12.2 Å². The first-order valence-corrected chi connectivity index (χ1v) is 11.2. The summed E-state index contributed by atoms with van der Waals surface area (Å²) < 4.78 is 46.8. The fourth-order valence-corrected chi connectivity index (χ4v) is 4.65. The molecule has 0 saturated carbocycles. The van der Waals surface area contributed by atoms with E-state index in [0.717, 1.165) is 11.4 Å². The SMILES string of the molecule is CCOc1nc2c(c(N3CCN[C@@H](CC#N)C3)n1)CCN(c1cccc(Cl)c1C(F)(F)F)C2. The van der Waals surface area contributed by atoms with Crippen LogP contribution in [0.25, 0.3) is 0 Å². The zero-order chi connectivity index (χ0) is 23.6. The van der Waals surface area contributed by atoms with Crippen molar-refractivity contribution in [1.29, 1.82) is 5.26 Å². The highest BCUT2D eigenvalue weighted by Crippen LogP contribution is 2.42. The van der Waals surface area contributed by atoms with Crippen molar-refractivity contribution in [3.8, 4) is 12.1 Å². The molecule has 1 saturated heterocycles. The van der Waals surface area contributed by atoms with E-state index in [4.69, 9.17) is 21.6 Å². The van der Waals surface area contributed by atoms with Gasteiger partial charge in [-0.25, -0.2) is 0 Å². The van der Waals surface area contributed by atoms with Gasteiger partial charge in [0.25, 0.3) is 0 Å². The third-order valence-electron chi connectivity index (χ3n) is 5.80. The monoisotopic (exact) mass is 480 g/mol. The Kier molecular flexibility index (Phi) is 6.81. The summed E-state index contributed by atoms with van der Waals surface area (Å²) in [6.45, 7) is 4.76. The third-order valence-corrected chi connectivity index (χ3v) is 6.12. The molecule has 1 atom stereocenters. The highest BCUT2D eigenvalue weighted by molar-refractivity contribution is 6.31. The number of aromatic nitrogens is 2. The van der Waals surface area contributed by atoms with Gasteiger partial charge in [-0.1, -0.05) is 17.7 Å². The van der Waals surface area contributed by atoms with Crippen LogP contribution in [0.15, 0.2) is 18.2 Å². The number of rotatable bonds is 5. The smallest absolute Gasteiger partial charge is 0.419 e. The molecular formula is C22H24ClF3N6O. The number of benzene rings is 1. The largest absolute Gasteiger partial charge is 0.464 e. The summed E-state index contributed by atoms with van der Waals surface area (Å²) in [5.74, 6) is 0.731. The number of nitrogens with one attached hydrogen (secondary N) is 1. The molecule has 1 aromatic heterocycles. The lowest BCUT2D eigenvalue weighted by Gasteiger charge is -2.37. The molecule has 1 aromatic carbocycles. The first-order chi connectivity index (χ1) is 15.8. The molecule has 176 valence electrons. The minimum Gasteiger partial charge on any atom is -0.464 e. The number of halogens is 4. The zero-order valence-electron chi connectivity index (χ0n) is 18.1. The van der Waals surface area contributed by atoms with Crippen molar-refractivity contribution in [1.82, 2.24) is 15.3 Å². The van der Waals surface area contributed by atoms with Crippen molar-refractivity contribution < 1.29 is 17.9 Å². The van der Waals surface area contributed by atoms with Crippen LogP contribution in [0.4, 0.5) is 24.7 Å². The number of alkyl halides is 3. The lowest BCUT2D eigenvalue weighted by atomic mass is 10.0. The predicted molar refractivity (Wildman–Crippen MR) is 119 cm³/mol. The van der Waals surface area contributed by atoms with Crippen LogP contribution in [0.2, 0.25) is 5.02 Å². The highest BCUT2D eigenvalue weighted by atomic mass is 35.5. The van der Waals surface area contributed by atoms with Crippen molar-refractivity contribution in [2.45, 2.75) is 38.5 Å². The molecule has 0 radical (unpaired) electrons. The van der Waals surface area contributed by atoms with Gasteiger partial charge in [-0.3, -0.25) is 0 Å². The van der Waals surface area contributed by atoms with Gasteiger partial charge in [0.05, 0.1) is 47.6 Å². The third kappa shape index (κ3) is 4.94. The van der Waals surface area contributed by atoms with Crippen molar-refractivity contribution >= 4 is 23.1 Å². The quantitative estimate of drug-likeness (QED) is 0.697. The maximum absolute atomic E-state index is 13.7. The van der Waals surface area contributed by atoms with E-state index in [2.05, 4.69) is 26.3 Å². The van der Waals surface area contributed by atoms with Gasteiger partial charge < -0.3 is 19.9 Å². The number of ether oxygens (including phenoxy) is 1. The summed E-state index contributed by atoms with van der Waals surface area (Å²) in [5, 5.41) is 12.1. The Balaban J connectivity index is 1.70. The van der Waals surface area contributed by atoms with Gasteiger partial charge in [0.1, 0.15) is 5.82 Å². The molecule has 0 spiro atoms. The van der Waals surface area contributed by atoms with Gasteiger partial charge in [-0.2, -0.15) is 28.4 Å². The van der Waals surface area contributed by atoms with E-state index < -0.39 is 11.7 Å². The average molecular weight is 481 g/mol. The number of hydrogen-bond donors (Lipinski definition) is 1. The van der Waals surface area contributed by atoms with Crippen LogP contribution in [0, 0.1) is 11.3 Å². The molecule has 4 rings (SSSR count). The van der Waals surface area contributed by atoms with Gasteiger partial charge in [0.2, 0.25) is 0 Å². The van der Waals surface area contributed by atoms with Crippen molar-refractivity contribution in [2.24, 2.45) is 0 Å². The van der Waals surface area contributed by atoms with Crippen LogP contribution in [0.3, 0.4) is 0 Å². The summed E-state index contributed by atoms with van der Waals surface area (Å²) in [5.41, 5.74) is 0.743.